The van der Waals surface area contributed by atoms with E-state index in [2.05, 4.69) is 23.9 Å². The minimum atomic E-state index is 0.241. The lowest BCUT2D eigenvalue weighted by Gasteiger charge is -2.30. The highest BCUT2D eigenvalue weighted by atomic mass is 35.5. The Morgan fingerprint density at radius 1 is 0.710 bits per heavy atom. The van der Waals surface area contributed by atoms with Crippen LogP contribution < -0.4 is 9.47 Å². The van der Waals surface area contributed by atoms with E-state index in [1.54, 1.807) is 0 Å². The van der Waals surface area contributed by atoms with Gasteiger partial charge in [0.1, 0.15) is 23.7 Å². The number of hydrogen-bond donors (Lipinski definition) is 0. The van der Waals surface area contributed by atoms with Crippen LogP contribution in [-0.2, 0) is 6.42 Å². The second-order valence-electron chi connectivity index (χ2n) is 8.92. The molecule has 2 aromatic carbocycles. The zero-order chi connectivity index (χ0) is 21.8. The van der Waals surface area contributed by atoms with E-state index in [0.29, 0.717) is 16.5 Å². The first-order valence-corrected chi connectivity index (χ1v) is 12.0. The van der Waals surface area contributed by atoms with Crippen LogP contribution in [0.1, 0.15) is 36.8 Å². The van der Waals surface area contributed by atoms with Crippen molar-refractivity contribution in [3.8, 4) is 11.5 Å². The maximum absolute atomic E-state index is 6.43. The Kier molecular flexibility index (Phi) is 7.65. The zero-order valence-corrected chi connectivity index (χ0v) is 20.0. The van der Waals surface area contributed by atoms with Crippen LogP contribution in [0.4, 0.5) is 0 Å². The van der Waals surface area contributed by atoms with Crippen molar-refractivity contribution >= 4 is 23.2 Å². The fourth-order valence-corrected chi connectivity index (χ4v) is 4.76. The second kappa shape index (κ2) is 10.4. The van der Waals surface area contributed by atoms with Crippen LogP contribution in [0.2, 0.25) is 10.0 Å². The molecule has 0 bridgehead atoms. The van der Waals surface area contributed by atoms with Gasteiger partial charge in [0.2, 0.25) is 0 Å². The van der Waals surface area contributed by atoms with Crippen molar-refractivity contribution in [1.29, 1.82) is 0 Å². The van der Waals surface area contributed by atoms with Crippen molar-refractivity contribution < 1.29 is 9.47 Å². The third-order valence-corrected chi connectivity index (χ3v) is 6.81. The number of halogens is 2. The van der Waals surface area contributed by atoms with E-state index in [1.807, 2.05) is 36.4 Å². The fraction of sp³-hybridized carbons (Fsp3) is 0.520. The Labute approximate surface area is 196 Å². The molecule has 0 saturated carbocycles. The molecule has 2 aliphatic rings. The summed E-state index contributed by atoms with van der Waals surface area (Å²) in [5.74, 6) is 1.81. The summed E-state index contributed by atoms with van der Waals surface area (Å²) in [4.78, 5) is 4.70. The van der Waals surface area contributed by atoms with Crippen LogP contribution in [0.3, 0.4) is 0 Å². The summed E-state index contributed by atoms with van der Waals surface area (Å²) in [6, 6.07) is 11.8. The summed E-state index contributed by atoms with van der Waals surface area (Å²) < 4.78 is 12.9. The van der Waals surface area contributed by atoms with E-state index >= 15 is 0 Å². The van der Waals surface area contributed by atoms with E-state index in [4.69, 9.17) is 32.7 Å². The lowest BCUT2D eigenvalue weighted by molar-refractivity contribution is 0.112. The van der Waals surface area contributed by atoms with Gasteiger partial charge in [0.25, 0.3) is 0 Å². The average Bonchev–Trinajstić information content (AvgIpc) is 2.75. The Hall–Kier alpha value is -1.46. The second-order valence-corrected chi connectivity index (χ2v) is 9.79. The van der Waals surface area contributed by atoms with Gasteiger partial charge in [-0.25, -0.2) is 0 Å². The molecular weight excluding hydrogens is 431 g/mol. The van der Waals surface area contributed by atoms with Crippen LogP contribution in [0, 0.1) is 0 Å². The fourth-order valence-electron chi connectivity index (χ4n) is 4.37. The smallest absolute Gasteiger partial charge is 0.123 e. The highest BCUT2D eigenvalue weighted by Crippen LogP contribution is 2.33. The van der Waals surface area contributed by atoms with Gasteiger partial charge in [0.05, 0.1) is 0 Å². The van der Waals surface area contributed by atoms with Crippen LogP contribution in [0.5, 0.6) is 11.5 Å². The first-order valence-electron chi connectivity index (χ1n) is 11.2. The summed E-state index contributed by atoms with van der Waals surface area (Å²) >= 11 is 12.7. The molecule has 0 radical (unpaired) electrons. The minimum absolute atomic E-state index is 0.241. The minimum Gasteiger partial charge on any atom is -0.490 e. The third kappa shape index (κ3) is 6.29. The van der Waals surface area contributed by atoms with Gasteiger partial charge in [0, 0.05) is 53.8 Å². The molecule has 0 unspecified atom stereocenters. The monoisotopic (exact) mass is 462 g/mol. The van der Waals surface area contributed by atoms with Crippen LogP contribution in [0.25, 0.3) is 0 Å². The van der Waals surface area contributed by atoms with Gasteiger partial charge in [-0.3, -0.25) is 0 Å². The summed E-state index contributed by atoms with van der Waals surface area (Å²) in [6.45, 7) is 4.26. The standard InChI is InChI=1S/C25H32Cl2N2O2/c1-28-11-7-22(8-12-28)30-24-5-3-20(26)16-18(24)15-19-17-21(27)4-6-25(19)31-23-9-13-29(2)14-10-23/h3-6,16-17,22-23H,7-15H2,1-2H3. The molecule has 0 aromatic heterocycles. The first-order chi connectivity index (χ1) is 15.0. The molecule has 31 heavy (non-hydrogen) atoms. The Bertz CT molecular complexity index is 804. The molecule has 2 fully saturated rings. The molecule has 0 aliphatic carbocycles. The Balaban J connectivity index is 1.53. The number of benzene rings is 2. The van der Waals surface area contributed by atoms with Crippen LogP contribution in [0.15, 0.2) is 36.4 Å². The predicted octanol–water partition coefficient (Wildman–Crippen LogP) is 5.53. The van der Waals surface area contributed by atoms with Gasteiger partial charge in [-0.1, -0.05) is 23.2 Å². The van der Waals surface area contributed by atoms with Crippen molar-refractivity contribution in [2.24, 2.45) is 0 Å². The van der Waals surface area contributed by atoms with Gasteiger partial charge >= 0.3 is 0 Å². The number of likely N-dealkylation sites (tertiary alicyclic amines) is 2. The predicted molar refractivity (Wildman–Crippen MR) is 128 cm³/mol. The summed E-state index contributed by atoms with van der Waals surface area (Å²) in [7, 11) is 4.32. The number of rotatable bonds is 6. The summed E-state index contributed by atoms with van der Waals surface area (Å²) in [6.07, 6.45) is 5.32. The van der Waals surface area contributed by atoms with Gasteiger partial charge in [-0.15, -0.1) is 0 Å². The number of piperidine rings is 2. The maximum Gasteiger partial charge on any atom is 0.123 e. The van der Waals surface area contributed by atoms with Crippen molar-refractivity contribution in [1.82, 2.24) is 9.80 Å². The lowest BCUT2D eigenvalue weighted by atomic mass is 10.0. The van der Waals surface area contributed by atoms with Crippen molar-refractivity contribution in [2.45, 2.75) is 44.3 Å². The van der Waals surface area contributed by atoms with Crippen LogP contribution >= 0.6 is 23.2 Å². The highest BCUT2D eigenvalue weighted by molar-refractivity contribution is 6.31. The van der Waals surface area contributed by atoms with Gasteiger partial charge < -0.3 is 19.3 Å². The van der Waals surface area contributed by atoms with Gasteiger partial charge in [-0.05, 0) is 76.2 Å². The zero-order valence-electron chi connectivity index (χ0n) is 18.4. The molecular formula is C25H32Cl2N2O2. The average molecular weight is 463 g/mol. The SMILES string of the molecule is CN1CCC(Oc2ccc(Cl)cc2Cc2cc(Cl)ccc2OC2CCN(C)CC2)CC1. The summed E-state index contributed by atoms with van der Waals surface area (Å²) in [5.41, 5.74) is 2.14. The normalized spacial score (nSPS) is 19.5. The molecule has 168 valence electrons. The van der Waals surface area contributed by atoms with Crippen molar-refractivity contribution in [3.05, 3.63) is 57.6 Å². The topological polar surface area (TPSA) is 24.9 Å². The molecule has 0 amide bonds. The van der Waals surface area contributed by atoms with Crippen molar-refractivity contribution in [3.63, 3.8) is 0 Å². The van der Waals surface area contributed by atoms with E-state index in [0.717, 1.165) is 74.5 Å². The molecule has 2 saturated heterocycles. The molecule has 4 rings (SSSR count). The van der Waals surface area contributed by atoms with Crippen LogP contribution in [-0.4, -0.2) is 62.3 Å². The maximum atomic E-state index is 6.43. The molecule has 0 spiro atoms. The summed E-state index contributed by atoms with van der Waals surface area (Å²) in [5, 5.41) is 1.43. The van der Waals surface area contributed by atoms with Gasteiger partial charge in [-0.2, -0.15) is 0 Å². The third-order valence-electron chi connectivity index (χ3n) is 6.34. The van der Waals surface area contributed by atoms with E-state index in [9.17, 15) is 0 Å². The molecule has 0 N–H and O–H groups in total. The molecule has 2 aromatic rings. The largest absolute Gasteiger partial charge is 0.490 e. The Morgan fingerprint density at radius 2 is 1.10 bits per heavy atom. The number of ether oxygens (including phenoxy) is 2. The lowest BCUT2D eigenvalue weighted by Crippen LogP contribution is -2.36. The molecule has 0 atom stereocenters. The molecule has 2 heterocycles. The van der Waals surface area contributed by atoms with Crippen molar-refractivity contribution in [2.75, 3.05) is 40.3 Å². The van der Waals surface area contributed by atoms with E-state index in [-0.39, 0.29) is 12.2 Å². The first kappa shape index (κ1) is 22.7. The number of nitrogens with zero attached hydrogens (tertiary/aromatic N) is 2. The molecule has 6 heteroatoms. The molecule has 4 nitrogen and oxygen atoms in total. The van der Waals surface area contributed by atoms with E-state index in [1.165, 1.54) is 0 Å². The Morgan fingerprint density at radius 3 is 1.48 bits per heavy atom. The van der Waals surface area contributed by atoms with E-state index < -0.39 is 0 Å². The highest BCUT2D eigenvalue weighted by Gasteiger charge is 2.22. The quantitative estimate of drug-likeness (QED) is 0.563. The van der Waals surface area contributed by atoms with Gasteiger partial charge in [0.15, 0.2) is 0 Å². The number of hydrogen-bond acceptors (Lipinski definition) is 4. The molecule has 2 aliphatic heterocycles.